The summed E-state index contributed by atoms with van der Waals surface area (Å²) in [4.78, 5) is 15.0. The topological polar surface area (TPSA) is 32.3 Å². The van der Waals surface area contributed by atoms with Gasteiger partial charge in [0.05, 0.1) is 0 Å². The van der Waals surface area contributed by atoms with Crippen molar-refractivity contribution in [3.05, 3.63) is 29.8 Å². The molecule has 0 aromatic heterocycles. The SMILES string of the molecule is CN(C)c1ccc(CNC(=O)C23CC4CC(CC(C4)C2)C3)cc1. The number of rotatable bonds is 4. The van der Waals surface area contributed by atoms with Gasteiger partial charge in [0, 0.05) is 31.7 Å². The number of nitrogens with zero attached hydrogens (tertiary/aromatic N) is 1. The van der Waals surface area contributed by atoms with Gasteiger partial charge >= 0.3 is 0 Å². The smallest absolute Gasteiger partial charge is 0.226 e. The zero-order valence-electron chi connectivity index (χ0n) is 14.3. The molecule has 4 aliphatic rings. The Morgan fingerprint density at radius 3 is 2.04 bits per heavy atom. The Labute approximate surface area is 139 Å². The van der Waals surface area contributed by atoms with Crippen molar-refractivity contribution in [2.75, 3.05) is 19.0 Å². The molecule has 0 aliphatic heterocycles. The standard InChI is InChI=1S/C20H28N2O/c1-22(2)18-5-3-14(4-6-18)13-21-19(23)20-10-15-7-16(11-20)9-17(8-15)12-20/h3-6,15-17H,7-13H2,1-2H3,(H,21,23). The third-order valence-corrected chi connectivity index (χ3v) is 6.43. The monoisotopic (exact) mass is 312 g/mol. The van der Waals surface area contributed by atoms with E-state index in [1.165, 1.54) is 30.5 Å². The molecule has 0 radical (unpaired) electrons. The number of hydrogen-bond donors (Lipinski definition) is 1. The van der Waals surface area contributed by atoms with Gasteiger partial charge in [0.15, 0.2) is 0 Å². The van der Waals surface area contributed by atoms with Gasteiger partial charge in [-0.3, -0.25) is 4.79 Å². The molecule has 4 fully saturated rings. The predicted octanol–water partition coefficient (Wildman–Crippen LogP) is 3.59. The maximum atomic E-state index is 12.9. The minimum atomic E-state index is -0.0294. The fraction of sp³-hybridized carbons (Fsp3) is 0.650. The third kappa shape index (κ3) is 2.75. The fourth-order valence-corrected chi connectivity index (χ4v) is 5.67. The van der Waals surface area contributed by atoms with E-state index in [1.54, 1.807) is 0 Å². The molecule has 3 nitrogen and oxygen atoms in total. The molecule has 0 heterocycles. The first kappa shape index (κ1) is 15.0. The number of hydrogen-bond acceptors (Lipinski definition) is 2. The molecule has 23 heavy (non-hydrogen) atoms. The van der Waals surface area contributed by atoms with Gasteiger partial charge < -0.3 is 10.2 Å². The van der Waals surface area contributed by atoms with Crippen LogP contribution in [-0.2, 0) is 11.3 Å². The first-order chi connectivity index (χ1) is 11.0. The first-order valence-corrected chi connectivity index (χ1v) is 9.09. The van der Waals surface area contributed by atoms with Crippen LogP contribution in [0.2, 0.25) is 0 Å². The Hall–Kier alpha value is -1.51. The van der Waals surface area contributed by atoms with Crippen LogP contribution in [-0.4, -0.2) is 20.0 Å². The number of nitrogens with one attached hydrogen (secondary N) is 1. The normalized spacial score (nSPS) is 34.4. The summed E-state index contributed by atoms with van der Waals surface area (Å²) in [7, 11) is 4.09. The number of carbonyl (C=O) groups excluding carboxylic acids is 1. The van der Waals surface area contributed by atoms with Crippen molar-refractivity contribution in [3.63, 3.8) is 0 Å². The average molecular weight is 312 g/mol. The molecule has 0 saturated heterocycles. The second-order valence-electron chi connectivity index (χ2n) is 8.44. The van der Waals surface area contributed by atoms with Crippen LogP contribution >= 0.6 is 0 Å². The van der Waals surface area contributed by atoms with E-state index < -0.39 is 0 Å². The van der Waals surface area contributed by atoms with E-state index in [9.17, 15) is 4.79 Å². The molecule has 1 amide bonds. The van der Waals surface area contributed by atoms with Crippen LogP contribution in [0.3, 0.4) is 0 Å². The summed E-state index contributed by atoms with van der Waals surface area (Å²) in [5, 5.41) is 3.25. The lowest BCUT2D eigenvalue weighted by Crippen LogP contribution is -2.53. The zero-order valence-corrected chi connectivity index (χ0v) is 14.3. The Morgan fingerprint density at radius 1 is 1.04 bits per heavy atom. The number of benzene rings is 1. The molecule has 124 valence electrons. The molecule has 4 aliphatic carbocycles. The largest absolute Gasteiger partial charge is 0.378 e. The number of anilines is 1. The summed E-state index contributed by atoms with van der Waals surface area (Å²) < 4.78 is 0. The van der Waals surface area contributed by atoms with Crippen LogP contribution in [0.1, 0.15) is 44.1 Å². The quantitative estimate of drug-likeness (QED) is 0.921. The Kier molecular flexibility index (Phi) is 3.62. The zero-order chi connectivity index (χ0) is 16.0. The van der Waals surface area contributed by atoms with Crippen LogP contribution in [0.25, 0.3) is 0 Å². The molecule has 0 atom stereocenters. The van der Waals surface area contributed by atoms with Crippen LogP contribution in [0.15, 0.2) is 24.3 Å². The van der Waals surface area contributed by atoms with Crippen molar-refractivity contribution in [3.8, 4) is 0 Å². The summed E-state index contributed by atoms with van der Waals surface area (Å²) in [6.07, 6.45) is 7.59. The fourth-order valence-electron chi connectivity index (χ4n) is 5.67. The second kappa shape index (κ2) is 5.54. The third-order valence-electron chi connectivity index (χ3n) is 6.43. The maximum absolute atomic E-state index is 12.9. The highest BCUT2D eigenvalue weighted by Crippen LogP contribution is 2.60. The molecule has 5 rings (SSSR count). The lowest BCUT2D eigenvalue weighted by atomic mass is 9.49. The Balaban J connectivity index is 1.40. The maximum Gasteiger partial charge on any atom is 0.226 e. The molecule has 4 bridgehead atoms. The van der Waals surface area contributed by atoms with E-state index in [-0.39, 0.29) is 5.41 Å². The van der Waals surface area contributed by atoms with Crippen molar-refractivity contribution >= 4 is 11.6 Å². The van der Waals surface area contributed by atoms with E-state index in [1.807, 2.05) is 14.1 Å². The van der Waals surface area contributed by atoms with Crippen molar-refractivity contribution in [1.82, 2.24) is 5.32 Å². The van der Waals surface area contributed by atoms with Crippen molar-refractivity contribution in [1.29, 1.82) is 0 Å². The van der Waals surface area contributed by atoms with Gasteiger partial charge in [0.1, 0.15) is 0 Å². The molecule has 1 N–H and O–H groups in total. The molecule has 3 heteroatoms. The summed E-state index contributed by atoms with van der Waals surface area (Å²) in [6, 6.07) is 8.48. The van der Waals surface area contributed by atoms with E-state index in [4.69, 9.17) is 0 Å². The predicted molar refractivity (Wildman–Crippen MR) is 93.2 cm³/mol. The summed E-state index contributed by atoms with van der Waals surface area (Å²) >= 11 is 0. The van der Waals surface area contributed by atoms with Gasteiger partial charge in [0.2, 0.25) is 5.91 Å². The van der Waals surface area contributed by atoms with E-state index in [0.29, 0.717) is 12.5 Å². The lowest BCUT2D eigenvalue weighted by molar-refractivity contribution is -0.146. The van der Waals surface area contributed by atoms with Gasteiger partial charge in [-0.15, -0.1) is 0 Å². The van der Waals surface area contributed by atoms with Crippen molar-refractivity contribution in [2.24, 2.45) is 23.2 Å². The summed E-state index contributed by atoms with van der Waals surface area (Å²) in [6.45, 7) is 0.661. The van der Waals surface area contributed by atoms with E-state index >= 15 is 0 Å². The van der Waals surface area contributed by atoms with Gasteiger partial charge in [0.25, 0.3) is 0 Å². The van der Waals surface area contributed by atoms with Gasteiger partial charge in [-0.2, -0.15) is 0 Å². The highest BCUT2D eigenvalue weighted by molar-refractivity contribution is 5.83. The number of amides is 1. The number of carbonyl (C=O) groups is 1. The van der Waals surface area contributed by atoms with Crippen LogP contribution in [0.4, 0.5) is 5.69 Å². The molecule has 0 spiro atoms. The molecule has 1 aromatic carbocycles. The van der Waals surface area contributed by atoms with Crippen LogP contribution < -0.4 is 10.2 Å². The Bertz CT molecular complexity index is 555. The highest BCUT2D eigenvalue weighted by atomic mass is 16.2. The molecular formula is C20H28N2O. The van der Waals surface area contributed by atoms with Crippen molar-refractivity contribution < 1.29 is 4.79 Å². The summed E-state index contributed by atoms with van der Waals surface area (Å²) in [5.41, 5.74) is 2.35. The average Bonchev–Trinajstić information content (AvgIpc) is 2.51. The van der Waals surface area contributed by atoms with Crippen LogP contribution in [0.5, 0.6) is 0 Å². The molecular weight excluding hydrogens is 284 g/mol. The first-order valence-electron chi connectivity index (χ1n) is 9.09. The lowest BCUT2D eigenvalue weighted by Gasteiger charge is -2.55. The van der Waals surface area contributed by atoms with Gasteiger partial charge in [-0.25, -0.2) is 0 Å². The van der Waals surface area contributed by atoms with Gasteiger partial charge in [-0.1, -0.05) is 12.1 Å². The highest BCUT2D eigenvalue weighted by Gasteiger charge is 2.54. The minimum Gasteiger partial charge on any atom is -0.378 e. The minimum absolute atomic E-state index is 0.0294. The molecule has 1 aromatic rings. The molecule has 0 unspecified atom stereocenters. The summed E-state index contributed by atoms with van der Waals surface area (Å²) in [5.74, 6) is 2.80. The second-order valence-corrected chi connectivity index (χ2v) is 8.44. The van der Waals surface area contributed by atoms with Gasteiger partial charge in [-0.05, 0) is 74.0 Å². The van der Waals surface area contributed by atoms with Crippen molar-refractivity contribution in [2.45, 2.75) is 45.1 Å². The van der Waals surface area contributed by atoms with E-state index in [0.717, 1.165) is 37.0 Å². The van der Waals surface area contributed by atoms with E-state index in [2.05, 4.69) is 34.5 Å². The Morgan fingerprint density at radius 2 is 1.57 bits per heavy atom. The van der Waals surface area contributed by atoms with Crippen LogP contribution in [0, 0.1) is 23.2 Å². The molecule has 4 saturated carbocycles.